The van der Waals surface area contributed by atoms with Gasteiger partial charge in [0.05, 0.1) is 12.1 Å². The maximum absolute atomic E-state index is 10.7. The lowest BCUT2D eigenvalue weighted by atomic mass is 10.1. The van der Waals surface area contributed by atoms with Crippen LogP contribution in [0.1, 0.15) is 24.6 Å². The molecule has 0 aliphatic rings. The minimum Gasteiger partial charge on any atom is -0.481 e. The van der Waals surface area contributed by atoms with E-state index in [1.54, 1.807) is 11.3 Å². The first-order chi connectivity index (χ1) is 10.2. The lowest BCUT2D eigenvalue weighted by molar-refractivity contribution is -0.136. The van der Waals surface area contributed by atoms with Gasteiger partial charge in [-0.2, -0.15) is 0 Å². The van der Waals surface area contributed by atoms with Crippen molar-refractivity contribution >= 4 is 22.3 Å². The van der Waals surface area contributed by atoms with Gasteiger partial charge in [0, 0.05) is 22.8 Å². The number of benzene rings is 1. The standard InChI is InChI=1S/C16H16N2O2S/c1-2-11-3-5-12(6-4-11)14-9-18-13(7-8-15(19)20)10-21-16(18)17-14/h3-6,9-10H,2,7-8H2,1H3,(H,19,20). The van der Waals surface area contributed by atoms with E-state index >= 15 is 0 Å². The molecule has 0 amide bonds. The van der Waals surface area contributed by atoms with Crippen LogP contribution < -0.4 is 0 Å². The fourth-order valence-electron chi connectivity index (χ4n) is 2.29. The van der Waals surface area contributed by atoms with E-state index in [1.165, 1.54) is 5.56 Å². The molecule has 4 nitrogen and oxygen atoms in total. The molecule has 0 radical (unpaired) electrons. The Morgan fingerprint density at radius 3 is 2.76 bits per heavy atom. The summed E-state index contributed by atoms with van der Waals surface area (Å²) >= 11 is 1.55. The highest BCUT2D eigenvalue weighted by Gasteiger charge is 2.10. The van der Waals surface area contributed by atoms with Crippen LogP contribution in [0.15, 0.2) is 35.8 Å². The number of rotatable bonds is 5. The van der Waals surface area contributed by atoms with Crippen LogP contribution in [0.3, 0.4) is 0 Å². The molecule has 3 rings (SSSR count). The number of hydrogen-bond acceptors (Lipinski definition) is 3. The minimum absolute atomic E-state index is 0.143. The van der Waals surface area contributed by atoms with E-state index in [1.807, 2.05) is 16.0 Å². The van der Waals surface area contributed by atoms with E-state index < -0.39 is 5.97 Å². The summed E-state index contributed by atoms with van der Waals surface area (Å²) in [6, 6.07) is 8.41. The molecule has 0 aliphatic carbocycles. The van der Waals surface area contributed by atoms with Crippen LogP contribution in [-0.4, -0.2) is 20.5 Å². The van der Waals surface area contributed by atoms with Gasteiger partial charge in [0.1, 0.15) is 0 Å². The number of thiazole rings is 1. The van der Waals surface area contributed by atoms with Crippen molar-refractivity contribution in [3.63, 3.8) is 0 Å². The van der Waals surface area contributed by atoms with E-state index in [9.17, 15) is 4.79 Å². The van der Waals surface area contributed by atoms with Crippen LogP contribution in [0, 0.1) is 0 Å². The molecule has 0 bridgehead atoms. The second kappa shape index (κ2) is 5.69. The predicted molar refractivity (Wildman–Crippen MR) is 83.8 cm³/mol. The normalized spacial score (nSPS) is 11.1. The van der Waals surface area contributed by atoms with Crippen molar-refractivity contribution < 1.29 is 9.90 Å². The molecular formula is C16H16N2O2S. The number of carboxylic acids is 1. The Hall–Kier alpha value is -2.14. The van der Waals surface area contributed by atoms with E-state index in [0.717, 1.165) is 28.3 Å². The van der Waals surface area contributed by atoms with Gasteiger partial charge in [-0.15, -0.1) is 11.3 Å². The summed E-state index contributed by atoms with van der Waals surface area (Å²) in [7, 11) is 0. The third-order valence-electron chi connectivity index (χ3n) is 3.54. The van der Waals surface area contributed by atoms with Gasteiger partial charge in [0.2, 0.25) is 0 Å². The third kappa shape index (κ3) is 2.83. The quantitative estimate of drug-likeness (QED) is 0.782. The topological polar surface area (TPSA) is 54.6 Å². The number of nitrogens with zero attached hydrogens (tertiary/aromatic N) is 2. The zero-order valence-corrected chi connectivity index (χ0v) is 12.6. The average Bonchev–Trinajstić information content (AvgIpc) is 3.06. The summed E-state index contributed by atoms with van der Waals surface area (Å²) in [6.07, 6.45) is 3.69. The molecule has 3 aromatic rings. The van der Waals surface area contributed by atoms with Crippen LogP contribution >= 0.6 is 11.3 Å². The van der Waals surface area contributed by atoms with E-state index in [-0.39, 0.29) is 6.42 Å². The monoisotopic (exact) mass is 300 g/mol. The Bertz CT molecular complexity index is 771. The maximum atomic E-state index is 10.7. The number of carbonyl (C=O) groups is 1. The van der Waals surface area contributed by atoms with Gasteiger partial charge >= 0.3 is 5.97 Å². The molecule has 21 heavy (non-hydrogen) atoms. The predicted octanol–water partition coefficient (Wildman–Crippen LogP) is 3.64. The number of aryl methyl sites for hydroxylation is 2. The summed E-state index contributed by atoms with van der Waals surface area (Å²) in [5, 5.41) is 10.8. The van der Waals surface area contributed by atoms with Crippen LogP contribution in [0.5, 0.6) is 0 Å². The molecule has 5 heteroatoms. The van der Waals surface area contributed by atoms with Gasteiger partial charge in [-0.3, -0.25) is 9.20 Å². The van der Waals surface area contributed by atoms with Crippen LogP contribution in [0.25, 0.3) is 16.2 Å². The van der Waals surface area contributed by atoms with Gasteiger partial charge in [-0.25, -0.2) is 4.98 Å². The van der Waals surface area contributed by atoms with E-state index in [2.05, 4.69) is 36.2 Å². The van der Waals surface area contributed by atoms with Crippen molar-refractivity contribution in [3.8, 4) is 11.3 Å². The van der Waals surface area contributed by atoms with Gasteiger partial charge in [0.25, 0.3) is 0 Å². The zero-order valence-electron chi connectivity index (χ0n) is 11.7. The minimum atomic E-state index is -0.773. The van der Waals surface area contributed by atoms with Gasteiger partial charge < -0.3 is 5.11 Å². The van der Waals surface area contributed by atoms with Crippen LogP contribution in [-0.2, 0) is 17.6 Å². The molecule has 0 spiro atoms. The first kappa shape index (κ1) is 13.8. The number of aromatic nitrogens is 2. The SMILES string of the molecule is CCc1ccc(-c2cn3c(CCC(=O)O)csc3n2)cc1. The zero-order chi connectivity index (χ0) is 14.8. The Morgan fingerprint density at radius 1 is 1.33 bits per heavy atom. The number of imidazole rings is 1. The van der Waals surface area contributed by atoms with Crippen molar-refractivity contribution in [1.82, 2.24) is 9.38 Å². The summed E-state index contributed by atoms with van der Waals surface area (Å²) in [4.78, 5) is 16.2. The highest BCUT2D eigenvalue weighted by Crippen LogP contribution is 2.24. The molecule has 1 N–H and O–H groups in total. The Morgan fingerprint density at radius 2 is 2.10 bits per heavy atom. The van der Waals surface area contributed by atoms with Crippen LogP contribution in [0.2, 0.25) is 0 Å². The molecule has 0 saturated carbocycles. The highest BCUT2D eigenvalue weighted by molar-refractivity contribution is 7.15. The maximum Gasteiger partial charge on any atom is 0.303 e. The molecule has 2 heterocycles. The Labute approximate surface area is 126 Å². The van der Waals surface area contributed by atoms with E-state index in [4.69, 9.17) is 5.11 Å². The molecular weight excluding hydrogens is 284 g/mol. The highest BCUT2D eigenvalue weighted by atomic mass is 32.1. The summed E-state index contributed by atoms with van der Waals surface area (Å²) in [5.41, 5.74) is 4.33. The molecule has 0 atom stereocenters. The summed E-state index contributed by atoms with van der Waals surface area (Å²) in [5.74, 6) is -0.773. The lowest BCUT2D eigenvalue weighted by Gasteiger charge is -1.99. The Balaban J connectivity index is 1.91. The molecule has 108 valence electrons. The second-order valence-electron chi connectivity index (χ2n) is 4.95. The van der Waals surface area contributed by atoms with Crippen molar-refractivity contribution in [3.05, 3.63) is 47.1 Å². The third-order valence-corrected chi connectivity index (χ3v) is 4.43. The van der Waals surface area contributed by atoms with Crippen molar-refractivity contribution in [2.45, 2.75) is 26.2 Å². The van der Waals surface area contributed by atoms with Gasteiger partial charge in [0.15, 0.2) is 4.96 Å². The van der Waals surface area contributed by atoms with Crippen molar-refractivity contribution in [1.29, 1.82) is 0 Å². The molecule has 0 saturated heterocycles. The lowest BCUT2D eigenvalue weighted by Crippen LogP contribution is -1.99. The number of aliphatic carboxylic acids is 1. The van der Waals surface area contributed by atoms with Crippen molar-refractivity contribution in [2.75, 3.05) is 0 Å². The largest absolute Gasteiger partial charge is 0.481 e. The molecule has 0 fully saturated rings. The number of fused-ring (bicyclic) bond motifs is 1. The first-order valence-corrected chi connectivity index (χ1v) is 7.82. The molecule has 1 aromatic carbocycles. The molecule has 0 unspecified atom stereocenters. The number of carboxylic acid groups (broad SMARTS) is 1. The fraction of sp³-hybridized carbons (Fsp3) is 0.250. The van der Waals surface area contributed by atoms with Crippen LogP contribution in [0.4, 0.5) is 0 Å². The smallest absolute Gasteiger partial charge is 0.303 e. The molecule has 0 aliphatic heterocycles. The van der Waals surface area contributed by atoms with Gasteiger partial charge in [-0.05, 0) is 18.4 Å². The fourth-order valence-corrected chi connectivity index (χ4v) is 3.20. The molecule has 2 aromatic heterocycles. The Kier molecular flexibility index (Phi) is 3.75. The van der Waals surface area contributed by atoms with Crippen molar-refractivity contribution in [2.24, 2.45) is 0 Å². The van der Waals surface area contributed by atoms with Gasteiger partial charge in [-0.1, -0.05) is 31.2 Å². The van der Waals surface area contributed by atoms with E-state index in [0.29, 0.717) is 6.42 Å². The summed E-state index contributed by atoms with van der Waals surface area (Å²) < 4.78 is 2.00. The second-order valence-corrected chi connectivity index (χ2v) is 5.79. The summed E-state index contributed by atoms with van der Waals surface area (Å²) in [6.45, 7) is 2.14. The first-order valence-electron chi connectivity index (χ1n) is 6.94. The number of hydrogen-bond donors (Lipinski definition) is 1. The average molecular weight is 300 g/mol.